The number of esters is 1. The minimum Gasteiger partial charge on any atom is -0.467 e. The van der Waals surface area contributed by atoms with Crippen LogP contribution in [0.4, 0.5) is 0 Å². The van der Waals surface area contributed by atoms with Gasteiger partial charge in [-0.2, -0.15) is 0 Å². The van der Waals surface area contributed by atoms with E-state index in [0.717, 1.165) is 10.4 Å². The number of hydrogen-bond donors (Lipinski definition) is 0. The summed E-state index contributed by atoms with van der Waals surface area (Å²) in [5.41, 5.74) is 0.0230. The van der Waals surface area contributed by atoms with Gasteiger partial charge in [-0.15, -0.1) is 11.3 Å². The molecule has 3 aromatic rings. The molecule has 0 aliphatic rings. The van der Waals surface area contributed by atoms with Crippen molar-refractivity contribution in [3.8, 4) is 0 Å². The van der Waals surface area contributed by atoms with E-state index in [1.807, 2.05) is 49.4 Å². The lowest BCUT2D eigenvalue weighted by Crippen LogP contribution is -2.36. The van der Waals surface area contributed by atoms with E-state index in [2.05, 4.69) is 23.2 Å². The van der Waals surface area contributed by atoms with Gasteiger partial charge in [-0.25, -0.2) is 4.79 Å². The Balaban J connectivity index is 1.90. The molecule has 0 saturated carbocycles. The van der Waals surface area contributed by atoms with Crippen molar-refractivity contribution in [1.82, 2.24) is 0 Å². The van der Waals surface area contributed by atoms with E-state index >= 15 is 0 Å². The summed E-state index contributed by atoms with van der Waals surface area (Å²) in [6.07, 6.45) is 2.26. The van der Waals surface area contributed by atoms with Gasteiger partial charge >= 0.3 is 5.97 Å². The van der Waals surface area contributed by atoms with Crippen LogP contribution in [0, 0.1) is 0 Å². The zero-order chi connectivity index (χ0) is 17.0. The van der Waals surface area contributed by atoms with Crippen LogP contribution >= 0.6 is 11.3 Å². The Bertz CT molecular complexity index is 836. The number of aliphatic imine (C=N–C) groups is 1. The molecular formula is C20H19NO2S. The molecular weight excluding hydrogens is 318 g/mol. The molecule has 0 radical (unpaired) electrons. The molecule has 0 N–H and O–H groups in total. The Morgan fingerprint density at radius 1 is 1.17 bits per heavy atom. The topological polar surface area (TPSA) is 38.7 Å². The lowest BCUT2D eigenvalue weighted by Gasteiger charge is -2.21. The zero-order valence-corrected chi connectivity index (χ0v) is 14.5. The van der Waals surface area contributed by atoms with Crippen molar-refractivity contribution in [3.63, 3.8) is 0 Å². The molecule has 0 saturated heterocycles. The SMILES string of the molecule is COC(=O)C(C)(Cc1cc2ccccc2s1)N=Cc1ccccc1. The lowest BCUT2D eigenvalue weighted by molar-refractivity contribution is -0.146. The molecule has 0 aliphatic heterocycles. The van der Waals surface area contributed by atoms with Crippen LogP contribution in [0.25, 0.3) is 10.1 Å². The van der Waals surface area contributed by atoms with Crippen LogP contribution in [0.3, 0.4) is 0 Å². The summed E-state index contributed by atoms with van der Waals surface area (Å²) >= 11 is 1.69. The van der Waals surface area contributed by atoms with Gasteiger partial charge in [-0.05, 0) is 30.0 Å². The molecule has 1 heterocycles. The van der Waals surface area contributed by atoms with E-state index in [9.17, 15) is 4.79 Å². The first-order valence-corrected chi connectivity index (χ1v) is 8.58. The highest BCUT2D eigenvalue weighted by Gasteiger charge is 2.34. The number of hydrogen-bond acceptors (Lipinski definition) is 4. The average molecular weight is 337 g/mol. The molecule has 122 valence electrons. The highest BCUT2D eigenvalue weighted by atomic mass is 32.1. The first-order chi connectivity index (χ1) is 11.6. The number of fused-ring (bicyclic) bond motifs is 1. The number of carbonyl (C=O) groups excluding carboxylic acids is 1. The van der Waals surface area contributed by atoms with Gasteiger partial charge in [-0.3, -0.25) is 4.99 Å². The Labute approximate surface area is 145 Å². The molecule has 1 unspecified atom stereocenters. The minimum atomic E-state index is -0.939. The number of rotatable bonds is 5. The maximum absolute atomic E-state index is 12.3. The monoisotopic (exact) mass is 337 g/mol. The molecule has 0 fully saturated rings. The average Bonchev–Trinajstić information content (AvgIpc) is 3.02. The van der Waals surface area contributed by atoms with Gasteiger partial charge in [0.25, 0.3) is 0 Å². The van der Waals surface area contributed by atoms with Crippen molar-refractivity contribution in [2.75, 3.05) is 7.11 Å². The molecule has 0 aliphatic carbocycles. The number of benzene rings is 2. The number of ether oxygens (including phenoxy) is 1. The number of nitrogens with zero attached hydrogens (tertiary/aromatic N) is 1. The maximum atomic E-state index is 12.3. The second-order valence-electron chi connectivity index (χ2n) is 5.86. The highest BCUT2D eigenvalue weighted by molar-refractivity contribution is 7.19. The Morgan fingerprint density at radius 2 is 1.88 bits per heavy atom. The predicted octanol–water partition coefficient (Wildman–Crippen LogP) is 4.49. The van der Waals surface area contributed by atoms with Crippen LogP contribution in [0.15, 0.2) is 65.7 Å². The molecule has 24 heavy (non-hydrogen) atoms. The summed E-state index contributed by atoms with van der Waals surface area (Å²) in [6, 6.07) is 20.1. The van der Waals surface area contributed by atoms with Crippen LogP contribution in [0.1, 0.15) is 17.4 Å². The fraction of sp³-hybridized carbons (Fsp3) is 0.200. The van der Waals surface area contributed by atoms with Crippen molar-refractivity contribution < 1.29 is 9.53 Å². The lowest BCUT2D eigenvalue weighted by atomic mass is 9.97. The first kappa shape index (κ1) is 16.4. The van der Waals surface area contributed by atoms with Crippen LogP contribution in [0.5, 0.6) is 0 Å². The summed E-state index contributed by atoms with van der Waals surface area (Å²) < 4.78 is 6.22. The van der Waals surface area contributed by atoms with E-state index in [1.54, 1.807) is 17.6 Å². The van der Waals surface area contributed by atoms with Crippen molar-refractivity contribution in [2.45, 2.75) is 18.9 Å². The quantitative estimate of drug-likeness (QED) is 0.508. The molecule has 1 atom stereocenters. The van der Waals surface area contributed by atoms with Gasteiger partial charge in [0.05, 0.1) is 7.11 Å². The number of thiophene rings is 1. The van der Waals surface area contributed by atoms with Crippen LogP contribution in [0.2, 0.25) is 0 Å². The molecule has 2 aromatic carbocycles. The first-order valence-electron chi connectivity index (χ1n) is 7.77. The summed E-state index contributed by atoms with van der Waals surface area (Å²) in [7, 11) is 1.41. The molecule has 3 nitrogen and oxygen atoms in total. The van der Waals surface area contributed by atoms with Gasteiger partial charge < -0.3 is 4.74 Å². The largest absolute Gasteiger partial charge is 0.467 e. The highest BCUT2D eigenvalue weighted by Crippen LogP contribution is 2.30. The maximum Gasteiger partial charge on any atom is 0.333 e. The van der Waals surface area contributed by atoms with Gasteiger partial charge in [0.15, 0.2) is 5.54 Å². The van der Waals surface area contributed by atoms with E-state index in [-0.39, 0.29) is 5.97 Å². The molecule has 4 heteroatoms. The van der Waals surface area contributed by atoms with Crippen LogP contribution < -0.4 is 0 Å². The third-order valence-electron chi connectivity index (χ3n) is 3.92. The van der Waals surface area contributed by atoms with Crippen molar-refractivity contribution >= 4 is 33.6 Å². The summed E-state index contributed by atoms with van der Waals surface area (Å²) in [5.74, 6) is -0.327. The van der Waals surface area contributed by atoms with Gasteiger partial charge in [-0.1, -0.05) is 48.5 Å². The summed E-state index contributed by atoms with van der Waals surface area (Å²) in [6.45, 7) is 1.82. The minimum absolute atomic E-state index is 0.327. The predicted molar refractivity (Wildman–Crippen MR) is 100.0 cm³/mol. The van der Waals surface area contributed by atoms with E-state index in [1.165, 1.54) is 17.2 Å². The number of methoxy groups -OCH3 is 1. The third kappa shape index (κ3) is 3.54. The Hall–Kier alpha value is -2.46. The van der Waals surface area contributed by atoms with E-state index in [4.69, 9.17) is 4.74 Å². The molecule has 0 bridgehead atoms. The van der Waals surface area contributed by atoms with Gasteiger partial charge in [0.1, 0.15) is 0 Å². The fourth-order valence-electron chi connectivity index (χ4n) is 2.61. The standard InChI is InChI=1S/C20H19NO2S/c1-20(19(22)23-2,21-14-15-8-4-3-5-9-15)13-17-12-16-10-6-7-11-18(16)24-17/h3-12,14H,13H2,1-2H3. The normalized spacial score (nSPS) is 13.9. The van der Waals surface area contributed by atoms with Gasteiger partial charge in [0.2, 0.25) is 0 Å². The third-order valence-corrected chi connectivity index (χ3v) is 5.03. The molecule has 3 rings (SSSR count). The second-order valence-corrected chi connectivity index (χ2v) is 7.03. The summed E-state index contributed by atoms with van der Waals surface area (Å²) in [4.78, 5) is 18.0. The molecule has 0 amide bonds. The molecule has 0 spiro atoms. The van der Waals surface area contributed by atoms with E-state index < -0.39 is 5.54 Å². The van der Waals surface area contributed by atoms with E-state index in [0.29, 0.717) is 6.42 Å². The van der Waals surface area contributed by atoms with Gasteiger partial charge in [0, 0.05) is 22.2 Å². The van der Waals surface area contributed by atoms with Crippen molar-refractivity contribution in [1.29, 1.82) is 0 Å². The zero-order valence-electron chi connectivity index (χ0n) is 13.7. The smallest absolute Gasteiger partial charge is 0.333 e. The second kappa shape index (κ2) is 6.97. The fourth-order valence-corrected chi connectivity index (χ4v) is 3.82. The van der Waals surface area contributed by atoms with Crippen molar-refractivity contribution in [2.24, 2.45) is 4.99 Å². The van der Waals surface area contributed by atoms with Crippen LogP contribution in [-0.2, 0) is 16.0 Å². The van der Waals surface area contributed by atoms with Crippen LogP contribution in [-0.4, -0.2) is 24.8 Å². The molecule has 1 aromatic heterocycles. The Kier molecular flexibility index (Phi) is 4.76. The number of carbonyl (C=O) groups is 1. The Morgan fingerprint density at radius 3 is 2.58 bits per heavy atom. The summed E-state index contributed by atoms with van der Waals surface area (Å²) in [5, 5.41) is 1.19. The van der Waals surface area contributed by atoms with Crippen molar-refractivity contribution in [3.05, 3.63) is 71.1 Å².